The van der Waals surface area contributed by atoms with Gasteiger partial charge in [0, 0.05) is 24.0 Å². The van der Waals surface area contributed by atoms with Gasteiger partial charge in [0.05, 0.1) is 6.54 Å². The fraction of sp³-hybridized carbons (Fsp3) is 0.474. The number of hydrogen-bond acceptors (Lipinski definition) is 2. The molecular formula is C19H26N2O2. The monoisotopic (exact) mass is 314 g/mol. The predicted octanol–water partition coefficient (Wildman–Crippen LogP) is 3.77. The summed E-state index contributed by atoms with van der Waals surface area (Å²) in [6.45, 7) is 7.20. The highest BCUT2D eigenvalue weighted by Gasteiger charge is 2.15. The number of pyridine rings is 1. The Bertz CT molecular complexity index is 734. The maximum absolute atomic E-state index is 12.3. The second-order valence-electron chi connectivity index (χ2n) is 6.13. The highest BCUT2D eigenvalue weighted by Crippen LogP contribution is 2.14. The number of rotatable bonds is 7. The van der Waals surface area contributed by atoms with Crippen molar-refractivity contribution in [3.8, 4) is 0 Å². The summed E-state index contributed by atoms with van der Waals surface area (Å²) in [5.74, 6) is 0.129. The molecule has 2 aromatic rings. The van der Waals surface area contributed by atoms with Crippen molar-refractivity contribution in [2.75, 3.05) is 6.54 Å². The van der Waals surface area contributed by atoms with E-state index in [0.29, 0.717) is 25.1 Å². The third-order valence-electron chi connectivity index (χ3n) is 4.04. The van der Waals surface area contributed by atoms with Gasteiger partial charge in [-0.1, -0.05) is 32.4 Å². The van der Waals surface area contributed by atoms with E-state index >= 15 is 0 Å². The lowest BCUT2D eigenvalue weighted by Crippen LogP contribution is -2.33. The van der Waals surface area contributed by atoms with E-state index in [-0.39, 0.29) is 11.5 Å². The zero-order chi connectivity index (χ0) is 16.8. The van der Waals surface area contributed by atoms with Gasteiger partial charge in [-0.25, -0.2) is 0 Å². The summed E-state index contributed by atoms with van der Waals surface area (Å²) < 4.78 is 0. The fourth-order valence-corrected chi connectivity index (χ4v) is 2.70. The molecule has 0 unspecified atom stereocenters. The average Bonchev–Trinajstić information content (AvgIpc) is 2.52. The summed E-state index contributed by atoms with van der Waals surface area (Å²) in [4.78, 5) is 29.4. The van der Waals surface area contributed by atoms with Gasteiger partial charge in [-0.3, -0.25) is 9.59 Å². The number of aryl methyl sites for hydroxylation is 1. The Morgan fingerprint density at radius 2 is 1.96 bits per heavy atom. The number of fused-ring (bicyclic) bond motifs is 1. The van der Waals surface area contributed by atoms with Crippen LogP contribution in [0.15, 0.2) is 29.1 Å². The molecule has 1 aromatic heterocycles. The number of nitrogens with one attached hydrogen (secondary N) is 1. The molecule has 23 heavy (non-hydrogen) atoms. The standard InChI is InChI=1S/C19H26N2O2/c1-4-6-10-21(18(22)7-5-2)13-16-12-15-9-8-14(3)11-17(15)20-19(16)23/h8-9,11-12H,4-7,10,13H2,1-3H3,(H,20,23). The van der Waals surface area contributed by atoms with Gasteiger partial charge in [-0.2, -0.15) is 0 Å². The molecule has 124 valence electrons. The molecule has 1 amide bonds. The van der Waals surface area contributed by atoms with Crippen LogP contribution in [0.2, 0.25) is 0 Å². The normalized spacial score (nSPS) is 10.9. The number of carbonyl (C=O) groups excluding carboxylic acids is 1. The first kappa shape index (κ1) is 17.3. The van der Waals surface area contributed by atoms with E-state index in [9.17, 15) is 9.59 Å². The molecule has 0 atom stereocenters. The number of nitrogens with zero attached hydrogens (tertiary/aromatic N) is 1. The average molecular weight is 314 g/mol. The second-order valence-corrected chi connectivity index (χ2v) is 6.13. The lowest BCUT2D eigenvalue weighted by molar-refractivity contribution is -0.131. The van der Waals surface area contributed by atoms with Gasteiger partial charge in [0.1, 0.15) is 0 Å². The molecule has 0 aliphatic carbocycles. The van der Waals surface area contributed by atoms with Gasteiger partial charge < -0.3 is 9.88 Å². The minimum absolute atomic E-state index is 0.103. The Labute approximate surface area is 137 Å². The molecule has 0 aliphatic rings. The first-order valence-corrected chi connectivity index (χ1v) is 8.45. The van der Waals surface area contributed by atoms with E-state index < -0.39 is 0 Å². The Morgan fingerprint density at radius 1 is 1.17 bits per heavy atom. The molecule has 1 aromatic carbocycles. The summed E-state index contributed by atoms with van der Waals surface area (Å²) in [5.41, 5.74) is 2.51. The molecule has 4 heteroatoms. The highest BCUT2D eigenvalue weighted by atomic mass is 16.2. The number of hydrogen-bond donors (Lipinski definition) is 1. The maximum atomic E-state index is 12.3. The molecule has 0 spiro atoms. The van der Waals surface area contributed by atoms with Crippen molar-refractivity contribution >= 4 is 16.8 Å². The number of benzene rings is 1. The number of unbranched alkanes of at least 4 members (excludes halogenated alkanes) is 1. The van der Waals surface area contributed by atoms with Crippen LogP contribution in [-0.4, -0.2) is 22.3 Å². The summed E-state index contributed by atoms with van der Waals surface area (Å²) in [5, 5.41) is 1.00. The van der Waals surface area contributed by atoms with Crippen LogP contribution < -0.4 is 5.56 Å². The minimum Gasteiger partial charge on any atom is -0.338 e. The van der Waals surface area contributed by atoms with E-state index in [1.165, 1.54) is 0 Å². The lowest BCUT2D eigenvalue weighted by atomic mass is 10.1. The SMILES string of the molecule is CCCCN(Cc1cc2ccc(C)cc2[nH]c1=O)C(=O)CCC. The van der Waals surface area contributed by atoms with Gasteiger partial charge in [-0.15, -0.1) is 0 Å². The summed E-state index contributed by atoms with van der Waals surface area (Å²) in [6.07, 6.45) is 3.35. The molecule has 0 saturated heterocycles. The van der Waals surface area contributed by atoms with Gasteiger partial charge >= 0.3 is 0 Å². The van der Waals surface area contributed by atoms with Crippen LogP contribution >= 0.6 is 0 Å². The van der Waals surface area contributed by atoms with Crippen molar-refractivity contribution in [1.82, 2.24) is 9.88 Å². The molecule has 0 radical (unpaired) electrons. The van der Waals surface area contributed by atoms with Crippen LogP contribution in [0.5, 0.6) is 0 Å². The van der Waals surface area contributed by atoms with E-state index in [0.717, 1.165) is 35.7 Å². The summed E-state index contributed by atoms with van der Waals surface area (Å²) in [7, 11) is 0. The van der Waals surface area contributed by atoms with E-state index in [4.69, 9.17) is 0 Å². The largest absolute Gasteiger partial charge is 0.338 e. The first-order chi connectivity index (χ1) is 11.0. The molecule has 4 nitrogen and oxygen atoms in total. The van der Waals surface area contributed by atoms with Crippen molar-refractivity contribution in [3.63, 3.8) is 0 Å². The molecule has 0 aliphatic heterocycles. The fourth-order valence-electron chi connectivity index (χ4n) is 2.70. The summed E-state index contributed by atoms with van der Waals surface area (Å²) in [6, 6.07) is 7.92. The van der Waals surface area contributed by atoms with Crippen molar-refractivity contribution < 1.29 is 4.79 Å². The van der Waals surface area contributed by atoms with E-state index in [1.807, 2.05) is 43.0 Å². The number of aromatic nitrogens is 1. The van der Waals surface area contributed by atoms with Gasteiger partial charge in [0.25, 0.3) is 5.56 Å². The second kappa shape index (κ2) is 7.95. The number of carbonyl (C=O) groups is 1. The zero-order valence-electron chi connectivity index (χ0n) is 14.3. The quantitative estimate of drug-likeness (QED) is 0.846. The van der Waals surface area contributed by atoms with Crippen molar-refractivity contribution in [3.05, 3.63) is 45.7 Å². The molecule has 1 N–H and O–H groups in total. The number of aromatic amines is 1. The highest BCUT2D eigenvalue weighted by molar-refractivity contribution is 5.80. The van der Waals surface area contributed by atoms with Gasteiger partial charge in [0.15, 0.2) is 0 Å². The van der Waals surface area contributed by atoms with E-state index in [1.54, 1.807) is 0 Å². The topological polar surface area (TPSA) is 53.2 Å². The van der Waals surface area contributed by atoms with Crippen LogP contribution in [0.1, 0.15) is 50.7 Å². The summed E-state index contributed by atoms with van der Waals surface area (Å²) >= 11 is 0. The Balaban J connectivity index is 2.29. The molecule has 1 heterocycles. The van der Waals surface area contributed by atoms with Crippen LogP contribution in [0, 0.1) is 6.92 Å². The van der Waals surface area contributed by atoms with Crippen molar-refractivity contribution in [1.29, 1.82) is 0 Å². The predicted molar refractivity (Wildman–Crippen MR) is 94.5 cm³/mol. The third kappa shape index (κ3) is 4.44. The van der Waals surface area contributed by atoms with Gasteiger partial charge in [-0.05, 0) is 42.8 Å². The van der Waals surface area contributed by atoms with Crippen LogP contribution in [-0.2, 0) is 11.3 Å². The molecule has 0 saturated carbocycles. The van der Waals surface area contributed by atoms with Gasteiger partial charge in [0.2, 0.25) is 5.91 Å². The van der Waals surface area contributed by atoms with Crippen molar-refractivity contribution in [2.45, 2.75) is 53.0 Å². The lowest BCUT2D eigenvalue weighted by Gasteiger charge is -2.22. The third-order valence-corrected chi connectivity index (χ3v) is 4.04. The van der Waals surface area contributed by atoms with E-state index in [2.05, 4.69) is 11.9 Å². The molecule has 0 fully saturated rings. The minimum atomic E-state index is -0.103. The van der Waals surface area contributed by atoms with Crippen LogP contribution in [0.3, 0.4) is 0 Å². The van der Waals surface area contributed by atoms with Crippen LogP contribution in [0.25, 0.3) is 10.9 Å². The first-order valence-electron chi connectivity index (χ1n) is 8.45. The Kier molecular flexibility index (Phi) is 5.97. The Hall–Kier alpha value is -2.10. The molecular weight excluding hydrogens is 288 g/mol. The molecule has 2 rings (SSSR count). The number of amides is 1. The maximum Gasteiger partial charge on any atom is 0.253 e. The zero-order valence-corrected chi connectivity index (χ0v) is 14.3. The molecule has 0 bridgehead atoms. The van der Waals surface area contributed by atoms with Crippen LogP contribution in [0.4, 0.5) is 0 Å². The number of H-pyrrole nitrogens is 1. The smallest absolute Gasteiger partial charge is 0.253 e. The Morgan fingerprint density at radius 3 is 2.65 bits per heavy atom. The van der Waals surface area contributed by atoms with Crippen molar-refractivity contribution in [2.24, 2.45) is 0 Å².